The highest BCUT2D eigenvalue weighted by Gasteiger charge is 2.17. The van der Waals surface area contributed by atoms with Gasteiger partial charge >= 0.3 is 0 Å². The van der Waals surface area contributed by atoms with E-state index < -0.39 is 6.10 Å². The van der Waals surface area contributed by atoms with Crippen molar-refractivity contribution in [2.75, 3.05) is 7.11 Å². The van der Waals surface area contributed by atoms with Crippen LogP contribution in [0.5, 0.6) is 5.75 Å². The molecule has 0 aliphatic rings. The van der Waals surface area contributed by atoms with E-state index in [9.17, 15) is 5.11 Å². The van der Waals surface area contributed by atoms with Gasteiger partial charge in [-0.05, 0) is 53.1 Å². The number of rotatable bonds is 6. The minimum atomic E-state index is -0.729. The number of aryl methyl sites for hydroxylation is 1. The monoisotopic (exact) mass is 310 g/mol. The van der Waals surface area contributed by atoms with Crippen molar-refractivity contribution in [3.05, 3.63) is 66.0 Å². The molecule has 0 spiro atoms. The van der Waals surface area contributed by atoms with Crippen molar-refractivity contribution in [3.8, 4) is 11.4 Å². The number of hydrogen-bond acceptors (Lipinski definition) is 5. The van der Waals surface area contributed by atoms with Crippen molar-refractivity contribution >= 4 is 0 Å². The molecule has 1 aromatic heterocycles. The fraction of sp³-hybridized carbons (Fsp3) is 0.235. The summed E-state index contributed by atoms with van der Waals surface area (Å²) in [5.74, 6) is 1.19. The summed E-state index contributed by atoms with van der Waals surface area (Å²) in [7, 11) is 1.62. The highest BCUT2D eigenvalue weighted by molar-refractivity contribution is 5.37. The van der Waals surface area contributed by atoms with Gasteiger partial charge in [0.05, 0.1) is 12.8 Å². The number of methoxy groups -OCH3 is 1. The smallest absolute Gasteiger partial charge is 0.185 e. The summed E-state index contributed by atoms with van der Waals surface area (Å²) in [5, 5.41) is 22.1. The molecule has 6 nitrogen and oxygen atoms in total. The molecule has 0 fully saturated rings. The number of aromatic nitrogens is 4. The van der Waals surface area contributed by atoms with Gasteiger partial charge in [-0.2, -0.15) is 4.68 Å². The molecule has 0 saturated carbocycles. The first-order chi connectivity index (χ1) is 11.3. The van der Waals surface area contributed by atoms with Gasteiger partial charge in [0.25, 0.3) is 0 Å². The average molecular weight is 310 g/mol. The molecule has 3 rings (SSSR count). The van der Waals surface area contributed by atoms with Gasteiger partial charge in [-0.1, -0.05) is 30.3 Å². The van der Waals surface area contributed by atoms with E-state index in [1.165, 1.54) is 5.56 Å². The van der Waals surface area contributed by atoms with Gasteiger partial charge in [-0.25, -0.2) is 0 Å². The lowest BCUT2D eigenvalue weighted by molar-refractivity contribution is 0.155. The topological polar surface area (TPSA) is 73.1 Å². The van der Waals surface area contributed by atoms with Crippen LogP contribution in [-0.2, 0) is 6.42 Å². The second-order valence-electron chi connectivity index (χ2n) is 5.19. The van der Waals surface area contributed by atoms with E-state index in [1.54, 1.807) is 11.8 Å². The van der Waals surface area contributed by atoms with Gasteiger partial charge in [0.2, 0.25) is 0 Å². The predicted molar refractivity (Wildman–Crippen MR) is 85.4 cm³/mol. The van der Waals surface area contributed by atoms with Crippen molar-refractivity contribution in [2.24, 2.45) is 0 Å². The van der Waals surface area contributed by atoms with Crippen LogP contribution in [0.25, 0.3) is 5.69 Å². The van der Waals surface area contributed by atoms with E-state index in [4.69, 9.17) is 4.74 Å². The first kappa shape index (κ1) is 15.2. The lowest BCUT2D eigenvalue weighted by Gasteiger charge is -2.11. The first-order valence-corrected chi connectivity index (χ1v) is 7.42. The zero-order valence-electron chi connectivity index (χ0n) is 12.8. The first-order valence-electron chi connectivity index (χ1n) is 7.42. The van der Waals surface area contributed by atoms with Gasteiger partial charge in [0, 0.05) is 0 Å². The summed E-state index contributed by atoms with van der Waals surface area (Å²) in [6, 6.07) is 17.4. The Labute approximate surface area is 134 Å². The van der Waals surface area contributed by atoms with E-state index in [0.717, 1.165) is 17.9 Å². The van der Waals surface area contributed by atoms with Crippen LogP contribution in [0.2, 0.25) is 0 Å². The standard InChI is InChI=1S/C17H18N4O2/c1-23-15-10-8-14(9-11-15)21-17(18-19-20-21)16(22)12-7-13-5-3-2-4-6-13/h2-6,8-11,16,22H,7,12H2,1H3/t16-/m0/s1. The highest BCUT2D eigenvalue weighted by atomic mass is 16.5. The van der Waals surface area contributed by atoms with Crippen LogP contribution in [-0.4, -0.2) is 32.4 Å². The Hall–Kier alpha value is -2.73. The zero-order chi connectivity index (χ0) is 16.1. The van der Waals surface area contributed by atoms with Crippen molar-refractivity contribution < 1.29 is 9.84 Å². The minimum absolute atomic E-state index is 0.436. The van der Waals surface area contributed by atoms with Crippen LogP contribution in [0.1, 0.15) is 23.9 Å². The van der Waals surface area contributed by atoms with Crippen molar-refractivity contribution in [1.82, 2.24) is 20.2 Å². The number of aliphatic hydroxyl groups excluding tert-OH is 1. The number of aliphatic hydroxyl groups is 1. The Morgan fingerprint density at radius 2 is 1.83 bits per heavy atom. The molecule has 0 aliphatic heterocycles. The molecule has 0 amide bonds. The lowest BCUT2D eigenvalue weighted by Crippen LogP contribution is -2.09. The molecule has 0 saturated heterocycles. The van der Waals surface area contributed by atoms with Gasteiger partial charge in [0.1, 0.15) is 11.9 Å². The molecule has 118 valence electrons. The number of hydrogen-bond donors (Lipinski definition) is 1. The Morgan fingerprint density at radius 3 is 2.52 bits per heavy atom. The molecule has 1 N–H and O–H groups in total. The number of tetrazole rings is 1. The van der Waals surface area contributed by atoms with E-state index in [-0.39, 0.29) is 0 Å². The van der Waals surface area contributed by atoms with Gasteiger partial charge in [-0.15, -0.1) is 5.10 Å². The number of ether oxygens (including phenoxy) is 1. The molecule has 1 atom stereocenters. The van der Waals surface area contributed by atoms with Crippen LogP contribution in [0.15, 0.2) is 54.6 Å². The third kappa shape index (κ3) is 3.54. The maximum absolute atomic E-state index is 10.4. The molecule has 6 heteroatoms. The Kier molecular flexibility index (Phi) is 4.63. The number of nitrogens with zero attached hydrogens (tertiary/aromatic N) is 4. The van der Waals surface area contributed by atoms with Crippen LogP contribution < -0.4 is 4.74 Å². The molecular formula is C17H18N4O2. The highest BCUT2D eigenvalue weighted by Crippen LogP contribution is 2.20. The van der Waals surface area contributed by atoms with Crippen LogP contribution in [0.4, 0.5) is 0 Å². The lowest BCUT2D eigenvalue weighted by atomic mass is 10.1. The number of benzene rings is 2. The molecule has 1 heterocycles. The summed E-state index contributed by atoms with van der Waals surface area (Å²) >= 11 is 0. The summed E-state index contributed by atoms with van der Waals surface area (Å²) in [6.07, 6.45) is 0.588. The summed E-state index contributed by atoms with van der Waals surface area (Å²) in [5.41, 5.74) is 1.96. The quantitative estimate of drug-likeness (QED) is 0.756. The van der Waals surface area contributed by atoms with Crippen molar-refractivity contribution in [3.63, 3.8) is 0 Å². The summed E-state index contributed by atoms with van der Waals surface area (Å²) < 4.78 is 6.69. The molecular weight excluding hydrogens is 292 g/mol. The molecule has 3 aromatic rings. The van der Waals surface area contributed by atoms with Gasteiger partial charge < -0.3 is 9.84 Å². The Balaban J connectivity index is 1.74. The molecule has 23 heavy (non-hydrogen) atoms. The normalized spacial score (nSPS) is 12.1. The van der Waals surface area contributed by atoms with Gasteiger partial charge in [-0.3, -0.25) is 0 Å². The summed E-state index contributed by atoms with van der Waals surface area (Å²) in [4.78, 5) is 0. The molecule has 2 aromatic carbocycles. The zero-order valence-corrected chi connectivity index (χ0v) is 12.8. The maximum atomic E-state index is 10.4. The Morgan fingerprint density at radius 1 is 1.09 bits per heavy atom. The second kappa shape index (κ2) is 7.02. The SMILES string of the molecule is COc1ccc(-n2nnnc2[C@@H](O)CCc2ccccc2)cc1. The Bertz CT molecular complexity index is 741. The maximum Gasteiger partial charge on any atom is 0.185 e. The predicted octanol–water partition coefficient (Wildman–Crippen LogP) is 2.34. The van der Waals surface area contributed by atoms with Crippen molar-refractivity contribution in [2.45, 2.75) is 18.9 Å². The van der Waals surface area contributed by atoms with E-state index >= 15 is 0 Å². The fourth-order valence-corrected chi connectivity index (χ4v) is 2.39. The third-order valence-electron chi connectivity index (χ3n) is 3.66. The minimum Gasteiger partial charge on any atom is -0.497 e. The van der Waals surface area contributed by atoms with Crippen LogP contribution >= 0.6 is 0 Å². The largest absolute Gasteiger partial charge is 0.497 e. The average Bonchev–Trinajstić information content (AvgIpc) is 3.10. The molecule has 0 unspecified atom stereocenters. The molecule has 0 radical (unpaired) electrons. The second-order valence-corrected chi connectivity index (χ2v) is 5.19. The summed E-state index contributed by atoms with van der Waals surface area (Å²) in [6.45, 7) is 0. The van der Waals surface area contributed by atoms with Crippen LogP contribution in [0, 0.1) is 0 Å². The van der Waals surface area contributed by atoms with E-state index in [1.807, 2.05) is 54.6 Å². The molecule has 0 bridgehead atoms. The van der Waals surface area contributed by atoms with Crippen molar-refractivity contribution in [1.29, 1.82) is 0 Å². The fourth-order valence-electron chi connectivity index (χ4n) is 2.39. The third-order valence-corrected chi connectivity index (χ3v) is 3.66. The van der Waals surface area contributed by atoms with Gasteiger partial charge in [0.15, 0.2) is 5.82 Å². The van der Waals surface area contributed by atoms with Crippen LogP contribution in [0.3, 0.4) is 0 Å². The van der Waals surface area contributed by atoms with E-state index in [0.29, 0.717) is 12.2 Å². The van der Waals surface area contributed by atoms with E-state index in [2.05, 4.69) is 15.5 Å². The molecule has 0 aliphatic carbocycles.